The van der Waals surface area contributed by atoms with Gasteiger partial charge in [0.2, 0.25) is 0 Å². The molecule has 182 valence electrons. The summed E-state index contributed by atoms with van der Waals surface area (Å²) < 4.78 is 8.01. The molecule has 2 aliphatic heterocycles. The predicted octanol–water partition coefficient (Wildman–Crippen LogP) is 10.4. The van der Waals surface area contributed by atoms with Crippen molar-refractivity contribution in [2.24, 2.45) is 0 Å². The molecule has 0 saturated carbocycles. The second-order valence-corrected chi connectivity index (χ2v) is 16.0. The van der Waals surface area contributed by atoms with Crippen LogP contribution in [0.1, 0.15) is 22.3 Å². The molecule has 0 saturated heterocycles. The summed E-state index contributed by atoms with van der Waals surface area (Å²) in [5.74, 6) is 5.52. The molecule has 0 atom stereocenters. The van der Waals surface area contributed by atoms with Gasteiger partial charge in [0.25, 0.3) is 0 Å². The van der Waals surface area contributed by atoms with Crippen LogP contribution in [-0.4, -0.2) is 25.0 Å². The lowest BCUT2D eigenvalue weighted by Gasteiger charge is -2.19. The van der Waals surface area contributed by atoms with E-state index in [9.17, 15) is 0 Å². The number of benzene rings is 2. The largest absolute Gasteiger partial charge is 0.121 e. The predicted molar refractivity (Wildman–Crippen MR) is 181 cm³/mol. The third-order valence-corrected chi connectivity index (χ3v) is 15.6. The van der Waals surface area contributed by atoms with Crippen molar-refractivity contribution in [2.45, 2.75) is 0 Å². The maximum Gasteiger partial charge on any atom is 0.0657 e. The number of hydrogen-bond acceptors (Lipinski definition) is 8. The molecule has 0 fully saturated rings. The highest BCUT2D eigenvalue weighted by Gasteiger charge is 2.31. The van der Waals surface area contributed by atoms with Crippen molar-refractivity contribution in [3.05, 3.63) is 96.2 Å². The zero-order chi connectivity index (χ0) is 25.7. The van der Waals surface area contributed by atoms with Gasteiger partial charge in [0.05, 0.1) is 25.4 Å². The lowest BCUT2D eigenvalue weighted by molar-refractivity contribution is 1.56. The average molecular weight is 615 g/mol. The van der Waals surface area contributed by atoms with Gasteiger partial charge in [0, 0.05) is 22.3 Å². The van der Waals surface area contributed by atoms with Gasteiger partial charge in [-0.05, 0) is 60.4 Å². The van der Waals surface area contributed by atoms with Crippen LogP contribution >= 0.6 is 94.1 Å². The Kier molecular flexibility index (Phi) is 10.5. The van der Waals surface area contributed by atoms with E-state index in [1.807, 2.05) is 118 Å². The van der Waals surface area contributed by atoms with Gasteiger partial charge in [-0.2, -0.15) is 0 Å². The van der Waals surface area contributed by atoms with E-state index < -0.39 is 0 Å². The summed E-state index contributed by atoms with van der Waals surface area (Å²) in [6.45, 7) is 0. The van der Waals surface area contributed by atoms with Crippen LogP contribution in [0.2, 0.25) is 0 Å². The highest BCUT2D eigenvalue weighted by molar-refractivity contribution is 8.41. The Morgan fingerprint density at radius 1 is 0.528 bits per heavy atom. The molecule has 0 bridgehead atoms. The van der Waals surface area contributed by atoms with Crippen LogP contribution in [0.5, 0.6) is 0 Å². The van der Waals surface area contributed by atoms with E-state index in [0.717, 1.165) is 11.1 Å². The van der Waals surface area contributed by atoms with Crippen molar-refractivity contribution in [1.29, 1.82) is 0 Å². The van der Waals surface area contributed by atoms with E-state index in [2.05, 4.69) is 61.1 Å². The minimum absolute atomic E-state index is 0.885. The number of thioether (sulfide) groups is 8. The molecule has 0 spiro atoms. The van der Waals surface area contributed by atoms with Crippen LogP contribution in [-0.2, 0) is 0 Å². The van der Waals surface area contributed by atoms with E-state index in [4.69, 9.17) is 12.8 Å². The zero-order valence-corrected chi connectivity index (χ0v) is 26.6. The van der Waals surface area contributed by atoms with Crippen LogP contribution in [0.3, 0.4) is 0 Å². The van der Waals surface area contributed by atoms with Crippen LogP contribution < -0.4 is 0 Å². The Labute approximate surface area is 249 Å². The fraction of sp³-hybridized carbons (Fsp3) is 0.143. The summed E-state index contributed by atoms with van der Waals surface area (Å²) in [5.41, 5.74) is 6.59. The third kappa shape index (κ3) is 6.14. The van der Waals surface area contributed by atoms with Crippen molar-refractivity contribution in [1.82, 2.24) is 0 Å². The monoisotopic (exact) mass is 614 g/mol. The molecule has 0 radical (unpaired) electrons. The maximum absolute atomic E-state index is 5.68. The first kappa shape index (κ1) is 28.3. The van der Waals surface area contributed by atoms with Gasteiger partial charge < -0.3 is 0 Å². The van der Waals surface area contributed by atoms with E-state index in [-0.39, 0.29) is 0 Å². The summed E-state index contributed by atoms with van der Waals surface area (Å²) in [6.07, 6.45) is 20.0. The minimum atomic E-state index is 0.885. The summed E-state index contributed by atoms with van der Waals surface area (Å²) in [4.78, 5) is 0. The summed E-state index contributed by atoms with van der Waals surface area (Å²) in [7, 11) is 0. The highest BCUT2D eigenvalue weighted by atomic mass is 32.3. The standard InChI is InChI=1S/C28H22S8/c1-7-17-9-13-19(14-10-17)21(23-33-25(29-3)26(30-4)34-23)22(20-15-11-18(8-2)12-16-20)24-35-27(31-5)28(32-6)36-24/h1-2,9-16H,3-6H3. The molecule has 2 aromatic carbocycles. The fourth-order valence-corrected chi connectivity index (χ4v) is 13.7. The third-order valence-electron chi connectivity index (χ3n) is 5.16. The molecule has 36 heavy (non-hydrogen) atoms. The van der Waals surface area contributed by atoms with Crippen molar-refractivity contribution >= 4 is 105 Å². The SMILES string of the molecule is C#Cc1ccc(C(=C2SC(SC)=C(SC)S2)C(=C2SC(SC)=C(SC)S2)c2ccc(C#C)cc2)cc1. The van der Waals surface area contributed by atoms with E-state index in [1.54, 1.807) is 0 Å². The van der Waals surface area contributed by atoms with Crippen molar-refractivity contribution in [2.75, 3.05) is 25.0 Å². The summed E-state index contributed by atoms with van der Waals surface area (Å²) in [5, 5.41) is 0. The number of rotatable bonds is 7. The highest BCUT2D eigenvalue weighted by Crippen LogP contribution is 2.63. The Bertz CT molecular complexity index is 1220. The van der Waals surface area contributed by atoms with Crippen molar-refractivity contribution in [3.8, 4) is 24.7 Å². The van der Waals surface area contributed by atoms with Gasteiger partial charge in [-0.3, -0.25) is 0 Å². The Hall–Kier alpha value is -0.680. The number of terminal acetylenes is 2. The molecule has 2 heterocycles. The molecular formula is C28H22S8. The Morgan fingerprint density at radius 3 is 1.03 bits per heavy atom. The van der Waals surface area contributed by atoms with E-state index >= 15 is 0 Å². The molecule has 0 N–H and O–H groups in total. The molecule has 0 nitrogen and oxygen atoms in total. The maximum atomic E-state index is 5.68. The van der Waals surface area contributed by atoms with Crippen LogP contribution in [0.25, 0.3) is 11.1 Å². The van der Waals surface area contributed by atoms with Gasteiger partial charge in [-0.25, -0.2) is 0 Å². The molecule has 2 aromatic rings. The molecular weight excluding hydrogens is 593 g/mol. The summed E-state index contributed by atoms with van der Waals surface area (Å²) in [6, 6.07) is 16.8. The molecule has 0 amide bonds. The van der Waals surface area contributed by atoms with Gasteiger partial charge in [-0.15, -0.1) is 59.9 Å². The van der Waals surface area contributed by atoms with Gasteiger partial charge in [0.1, 0.15) is 0 Å². The normalized spacial score (nSPS) is 15.4. The lowest BCUT2D eigenvalue weighted by atomic mass is 9.93. The first-order valence-corrected chi connectivity index (χ1v) is 18.7. The first-order valence-electron chi connectivity index (χ1n) is 10.6. The summed E-state index contributed by atoms with van der Waals surface area (Å²) >= 11 is 14.8. The fourth-order valence-electron chi connectivity index (χ4n) is 3.44. The van der Waals surface area contributed by atoms with E-state index in [1.165, 1.54) is 47.7 Å². The van der Waals surface area contributed by atoms with Crippen LogP contribution in [0, 0.1) is 24.7 Å². The molecule has 4 rings (SSSR count). The average Bonchev–Trinajstić information content (AvgIpc) is 3.55. The van der Waals surface area contributed by atoms with E-state index in [0.29, 0.717) is 0 Å². The molecule has 2 aliphatic rings. The minimum Gasteiger partial charge on any atom is -0.121 e. The topological polar surface area (TPSA) is 0 Å². The van der Waals surface area contributed by atoms with Crippen molar-refractivity contribution in [3.63, 3.8) is 0 Å². The first-order chi connectivity index (χ1) is 17.6. The second-order valence-electron chi connectivity index (χ2n) is 7.14. The van der Waals surface area contributed by atoms with Gasteiger partial charge >= 0.3 is 0 Å². The molecule has 8 heteroatoms. The number of allylic oxidation sites excluding steroid dienone is 2. The van der Waals surface area contributed by atoms with Gasteiger partial charge in [-0.1, -0.05) is 83.2 Å². The molecule has 0 aromatic heterocycles. The smallest absolute Gasteiger partial charge is 0.0657 e. The zero-order valence-electron chi connectivity index (χ0n) is 20.0. The Morgan fingerprint density at radius 2 is 0.806 bits per heavy atom. The Balaban J connectivity index is 1.98. The van der Waals surface area contributed by atoms with Crippen LogP contribution in [0.4, 0.5) is 0 Å². The molecule has 0 aliphatic carbocycles. The van der Waals surface area contributed by atoms with Gasteiger partial charge in [0.15, 0.2) is 0 Å². The second kappa shape index (κ2) is 13.4. The quantitative estimate of drug-likeness (QED) is 0.279. The number of hydrogen-bond donors (Lipinski definition) is 0. The van der Waals surface area contributed by atoms with Crippen molar-refractivity contribution < 1.29 is 0 Å². The lowest BCUT2D eigenvalue weighted by Crippen LogP contribution is -1.96. The van der Waals surface area contributed by atoms with Crippen LogP contribution in [0.15, 0.2) is 74.0 Å². The molecule has 0 unspecified atom stereocenters.